The molecule has 2 aliphatic rings. The number of carbonyl (C=O) groups is 1. The first-order chi connectivity index (χ1) is 13.1. The fourth-order valence-corrected chi connectivity index (χ4v) is 5.73. The van der Waals surface area contributed by atoms with Crippen molar-refractivity contribution in [3.63, 3.8) is 0 Å². The van der Waals surface area contributed by atoms with Gasteiger partial charge in [0.25, 0.3) is 5.56 Å². The van der Waals surface area contributed by atoms with E-state index in [9.17, 15) is 9.59 Å². The fourth-order valence-electron chi connectivity index (χ4n) is 4.86. The van der Waals surface area contributed by atoms with E-state index in [0.29, 0.717) is 28.7 Å². The number of hydrogen-bond donors (Lipinski definition) is 1. The van der Waals surface area contributed by atoms with Gasteiger partial charge in [-0.05, 0) is 63.0 Å². The van der Waals surface area contributed by atoms with E-state index >= 15 is 0 Å². The van der Waals surface area contributed by atoms with Crippen molar-refractivity contribution in [3.05, 3.63) is 28.7 Å². The van der Waals surface area contributed by atoms with Crippen LogP contribution in [0, 0.1) is 17.8 Å². The zero-order valence-electron chi connectivity index (χ0n) is 15.9. The zero-order valence-corrected chi connectivity index (χ0v) is 16.7. The maximum atomic E-state index is 12.6. The van der Waals surface area contributed by atoms with Gasteiger partial charge in [0, 0.05) is 18.8 Å². The Morgan fingerprint density at radius 3 is 2.96 bits per heavy atom. The van der Waals surface area contributed by atoms with Gasteiger partial charge in [-0.2, -0.15) is 0 Å². The van der Waals surface area contributed by atoms with Crippen molar-refractivity contribution < 1.29 is 4.79 Å². The van der Waals surface area contributed by atoms with E-state index in [1.165, 1.54) is 37.4 Å². The van der Waals surface area contributed by atoms with Crippen LogP contribution in [0.5, 0.6) is 0 Å². The summed E-state index contributed by atoms with van der Waals surface area (Å²) in [5, 5.41) is 4.24. The van der Waals surface area contributed by atoms with Crippen LogP contribution >= 0.6 is 11.8 Å². The molecule has 2 aliphatic carbocycles. The molecule has 144 valence electrons. The van der Waals surface area contributed by atoms with Gasteiger partial charge in [-0.1, -0.05) is 18.2 Å². The minimum Gasteiger partial charge on any atom is -0.353 e. The first kappa shape index (κ1) is 18.5. The molecule has 1 N–H and O–H groups in total. The third-order valence-corrected chi connectivity index (χ3v) is 7.14. The molecule has 6 nitrogen and oxygen atoms in total. The van der Waals surface area contributed by atoms with E-state index < -0.39 is 0 Å². The number of rotatable bonds is 6. The minimum atomic E-state index is -0.103. The number of thioether (sulfide) groups is 1. The highest BCUT2D eigenvalue weighted by Crippen LogP contribution is 2.49. The van der Waals surface area contributed by atoms with Crippen molar-refractivity contribution >= 4 is 28.7 Å². The van der Waals surface area contributed by atoms with E-state index in [0.717, 1.165) is 11.8 Å². The summed E-state index contributed by atoms with van der Waals surface area (Å²) in [6, 6.07) is 3.69. The van der Waals surface area contributed by atoms with Crippen LogP contribution in [0.1, 0.15) is 39.5 Å². The van der Waals surface area contributed by atoms with E-state index in [-0.39, 0.29) is 23.3 Å². The summed E-state index contributed by atoms with van der Waals surface area (Å²) in [7, 11) is 0. The molecule has 27 heavy (non-hydrogen) atoms. The van der Waals surface area contributed by atoms with Crippen molar-refractivity contribution in [1.82, 2.24) is 19.9 Å². The number of nitrogens with zero attached hydrogens (tertiary/aromatic N) is 3. The van der Waals surface area contributed by atoms with E-state index in [4.69, 9.17) is 0 Å². The van der Waals surface area contributed by atoms with Crippen molar-refractivity contribution in [3.8, 4) is 0 Å². The molecule has 0 aromatic carbocycles. The van der Waals surface area contributed by atoms with Crippen LogP contribution in [0.15, 0.2) is 28.3 Å². The summed E-state index contributed by atoms with van der Waals surface area (Å²) in [5.41, 5.74) is 0.333. The lowest BCUT2D eigenvalue weighted by Crippen LogP contribution is -2.41. The maximum Gasteiger partial charge on any atom is 0.263 e. The van der Waals surface area contributed by atoms with E-state index in [1.807, 2.05) is 6.92 Å². The standard InChI is InChI=1S/C20H26N4O2S/c1-3-24-19(26)15-5-4-8-21-18(15)23-20(24)27-11-17(25)22-12(2)16-10-13-6-7-14(16)9-13/h4-5,8,12-14,16H,3,6-7,9-11H2,1-2H3,(H,22,25)/t12-,13+,14+,16-/m1/s1. The Kier molecular flexibility index (Phi) is 5.21. The Labute approximate surface area is 163 Å². The predicted octanol–water partition coefficient (Wildman–Crippen LogP) is 2.84. The van der Waals surface area contributed by atoms with Crippen LogP contribution in [0.25, 0.3) is 11.0 Å². The number of fused-ring (bicyclic) bond motifs is 3. The number of nitrogens with one attached hydrogen (secondary N) is 1. The van der Waals surface area contributed by atoms with Gasteiger partial charge < -0.3 is 5.32 Å². The second-order valence-corrected chi connectivity index (χ2v) is 8.74. The molecule has 0 saturated heterocycles. The van der Waals surface area contributed by atoms with Crippen molar-refractivity contribution in [2.45, 2.75) is 57.3 Å². The van der Waals surface area contributed by atoms with Crippen LogP contribution in [-0.4, -0.2) is 32.2 Å². The van der Waals surface area contributed by atoms with Gasteiger partial charge in [-0.3, -0.25) is 14.2 Å². The number of pyridine rings is 1. The van der Waals surface area contributed by atoms with Crippen molar-refractivity contribution in [2.75, 3.05) is 5.75 Å². The molecule has 2 aromatic rings. The van der Waals surface area contributed by atoms with E-state index in [1.54, 1.807) is 22.9 Å². The van der Waals surface area contributed by atoms with Gasteiger partial charge in [0.1, 0.15) is 0 Å². The monoisotopic (exact) mass is 386 g/mol. The molecule has 0 unspecified atom stereocenters. The van der Waals surface area contributed by atoms with Gasteiger partial charge in [0.2, 0.25) is 5.91 Å². The SMILES string of the molecule is CCn1c(SCC(=O)N[C@H](C)[C@H]2C[C@H]3CC[C@H]2C3)nc2ncccc2c1=O. The molecular weight excluding hydrogens is 360 g/mol. The number of hydrogen-bond acceptors (Lipinski definition) is 5. The summed E-state index contributed by atoms with van der Waals surface area (Å²) in [6.07, 6.45) is 6.92. The van der Waals surface area contributed by atoms with Gasteiger partial charge in [-0.15, -0.1) is 0 Å². The lowest BCUT2D eigenvalue weighted by atomic mass is 9.84. The third kappa shape index (κ3) is 3.61. The highest BCUT2D eigenvalue weighted by Gasteiger charge is 2.42. The Morgan fingerprint density at radius 2 is 2.26 bits per heavy atom. The second kappa shape index (κ2) is 7.62. The molecule has 1 amide bonds. The summed E-state index contributed by atoms with van der Waals surface area (Å²) in [5.74, 6) is 2.55. The smallest absolute Gasteiger partial charge is 0.263 e. The molecule has 7 heteroatoms. The second-order valence-electron chi connectivity index (χ2n) is 7.80. The first-order valence-electron chi connectivity index (χ1n) is 9.84. The largest absolute Gasteiger partial charge is 0.353 e. The summed E-state index contributed by atoms with van der Waals surface area (Å²) < 4.78 is 1.61. The molecular formula is C20H26N4O2S. The summed E-state index contributed by atoms with van der Waals surface area (Å²) in [6.45, 7) is 4.56. The normalized spacial score (nSPS) is 25.0. The molecule has 2 fully saturated rings. The zero-order chi connectivity index (χ0) is 19.0. The number of carbonyl (C=O) groups excluding carboxylic acids is 1. The molecule has 4 atom stereocenters. The van der Waals surface area contributed by atoms with Gasteiger partial charge >= 0.3 is 0 Å². The highest BCUT2D eigenvalue weighted by atomic mass is 32.2. The number of amides is 1. The average Bonchev–Trinajstić information content (AvgIpc) is 3.30. The molecule has 2 heterocycles. The van der Waals surface area contributed by atoms with Crippen molar-refractivity contribution in [1.29, 1.82) is 0 Å². The minimum absolute atomic E-state index is 0.00768. The molecule has 2 bridgehead atoms. The van der Waals surface area contributed by atoms with Crippen LogP contribution in [0.4, 0.5) is 0 Å². The van der Waals surface area contributed by atoms with Gasteiger partial charge in [-0.25, -0.2) is 9.97 Å². The summed E-state index contributed by atoms with van der Waals surface area (Å²) in [4.78, 5) is 33.8. The van der Waals surface area contributed by atoms with Gasteiger partial charge in [0.05, 0.1) is 11.1 Å². The highest BCUT2D eigenvalue weighted by molar-refractivity contribution is 7.99. The molecule has 4 rings (SSSR count). The first-order valence-corrected chi connectivity index (χ1v) is 10.8. The topological polar surface area (TPSA) is 76.9 Å². The fraction of sp³-hybridized carbons (Fsp3) is 0.600. The Balaban J connectivity index is 1.42. The Morgan fingerprint density at radius 1 is 1.41 bits per heavy atom. The van der Waals surface area contributed by atoms with E-state index in [2.05, 4.69) is 22.2 Å². The maximum absolute atomic E-state index is 12.6. The Bertz CT molecular complexity index is 912. The number of aromatic nitrogens is 3. The molecule has 2 saturated carbocycles. The Hall–Kier alpha value is -1.89. The molecule has 0 spiro atoms. The van der Waals surface area contributed by atoms with Crippen LogP contribution in [-0.2, 0) is 11.3 Å². The van der Waals surface area contributed by atoms with Crippen molar-refractivity contribution in [2.24, 2.45) is 17.8 Å². The van der Waals surface area contributed by atoms with Crippen LogP contribution in [0.2, 0.25) is 0 Å². The van der Waals surface area contributed by atoms with Crippen LogP contribution in [0.3, 0.4) is 0 Å². The predicted molar refractivity (Wildman–Crippen MR) is 107 cm³/mol. The van der Waals surface area contributed by atoms with Gasteiger partial charge in [0.15, 0.2) is 10.8 Å². The average molecular weight is 387 g/mol. The summed E-state index contributed by atoms with van der Waals surface area (Å²) >= 11 is 1.31. The van der Waals surface area contributed by atoms with Crippen LogP contribution < -0.4 is 10.9 Å². The molecule has 2 aromatic heterocycles. The lowest BCUT2D eigenvalue weighted by Gasteiger charge is -2.28. The molecule has 0 aliphatic heterocycles. The quantitative estimate of drug-likeness (QED) is 0.610. The molecule has 0 radical (unpaired) electrons. The lowest BCUT2D eigenvalue weighted by molar-refractivity contribution is -0.119. The third-order valence-electron chi connectivity index (χ3n) is 6.17.